The molecule has 0 heterocycles. The molecule has 0 aliphatic heterocycles. The van der Waals surface area contributed by atoms with Gasteiger partial charge in [0.25, 0.3) is 0 Å². The lowest BCUT2D eigenvalue weighted by atomic mass is 10.2. The normalized spacial score (nSPS) is 13.8. The summed E-state index contributed by atoms with van der Waals surface area (Å²) >= 11 is 3.42. The van der Waals surface area contributed by atoms with E-state index in [1.807, 2.05) is 0 Å². The topological polar surface area (TPSA) is 12.5 Å². The molecule has 0 bridgehead atoms. The summed E-state index contributed by atoms with van der Waals surface area (Å²) in [4.78, 5) is 2.34. The van der Waals surface area contributed by atoms with Gasteiger partial charge in [-0.05, 0) is 33.4 Å². The predicted molar refractivity (Wildman–Crippen MR) is 57.0 cm³/mol. The Morgan fingerprint density at radius 1 is 1.42 bits per heavy atom. The van der Waals surface area contributed by atoms with Gasteiger partial charge in [-0.1, -0.05) is 15.9 Å². The van der Waals surface area contributed by atoms with Gasteiger partial charge < -0.3 is 9.64 Å². The molecule has 74 valence electrons. The molecule has 0 aromatic heterocycles. The average molecular weight is 238 g/mol. The van der Waals surface area contributed by atoms with Crippen LogP contribution in [0.15, 0.2) is 0 Å². The van der Waals surface area contributed by atoms with Gasteiger partial charge in [-0.25, -0.2) is 0 Å². The van der Waals surface area contributed by atoms with E-state index in [4.69, 9.17) is 4.74 Å². The van der Waals surface area contributed by atoms with Crippen molar-refractivity contribution in [1.82, 2.24) is 4.90 Å². The van der Waals surface area contributed by atoms with Crippen LogP contribution in [0.3, 0.4) is 0 Å². The molecular weight excluding hydrogens is 218 g/mol. The second-order valence-electron chi connectivity index (χ2n) is 3.18. The molecule has 0 aliphatic carbocycles. The number of halogens is 1. The summed E-state index contributed by atoms with van der Waals surface area (Å²) in [6.45, 7) is 4.18. The number of methoxy groups -OCH3 is 1. The number of unbranched alkanes of at least 4 members (excludes halogenated alkanes) is 1. The van der Waals surface area contributed by atoms with E-state index >= 15 is 0 Å². The number of likely N-dealkylation sites (N-methyl/N-ethyl adjacent to an activating group) is 1. The first-order valence-electron chi connectivity index (χ1n) is 4.47. The summed E-state index contributed by atoms with van der Waals surface area (Å²) in [5.41, 5.74) is 0. The second kappa shape index (κ2) is 8.02. The van der Waals surface area contributed by atoms with Crippen molar-refractivity contribution >= 4 is 15.9 Å². The Morgan fingerprint density at radius 3 is 2.58 bits per heavy atom. The number of rotatable bonds is 7. The van der Waals surface area contributed by atoms with Crippen molar-refractivity contribution < 1.29 is 4.74 Å². The first kappa shape index (κ1) is 12.4. The van der Waals surface area contributed by atoms with Crippen LogP contribution >= 0.6 is 15.9 Å². The lowest BCUT2D eigenvalue weighted by Gasteiger charge is -2.23. The molecule has 0 saturated heterocycles. The zero-order valence-corrected chi connectivity index (χ0v) is 9.93. The van der Waals surface area contributed by atoms with Crippen molar-refractivity contribution in [2.45, 2.75) is 25.8 Å². The van der Waals surface area contributed by atoms with Gasteiger partial charge in [0.15, 0.2) is 0 Å². The lowest BCUT2D eigenvalue weighted by Crippen LogP contribution is -2.33. The third kappa shape index (κ3) is 5.98. The number of hydrogen-bond donors (Lipinski definition) is 0. The predicted octanol–water partition coefficient (Wildman–Crippen LogP) is 2.13. The van der Waals surface area contributed by atoms with Gasteiger partial charge in [-0.15, -0.1) is 0 Å². The third-order valence-electron chi connectivity index (χ3n) is 2.05. The molecule has 0 saturated carbocycles. The second-order valence-corrected chi connectivity index (χ2v) is 3.97. The summed E-state index contributed by atoms with van der Waals surface area (Å²) in [6.07, 6.45) is 2.51. The molecule has 0 rings (SSSR count). The molecule has 0 aliphatic rings. The van der Waals surface area contributed by atoms with Crippen LogP contribution in [-0.2, 0) is 4.74 Å². The summed E-state index contributed by atoms with van der Waals surface area (Å²) in [5.74, 6) is 0. The van der Waals surface area contributed by atoms with E-state index in [0.29, 0.717) is 6.04 Å². The summed E-state index contributed by atoms with van der Waals surface area (Å²) in [6, 6.07) is 0.533. The summed E-state index contributed by atoms with van der Waals surface area (Å²) in [7, 11) is 3.90. The van der Waals surface area contributed by atoms with E-state index in [-0.39, 0.29) is 0 Å². The van der Waals surface area contributed by atoms with Gasteiger partial charge in [-0.2, -0.15) is 0 Å². The molecule has 3 heteroatoms. The smallest absolute Gasteiger partial charge is 0.0615 e. The largest absolute Gasteiger partial charge is 0.383 e. The van der Waals surface area contributed by atoms with E-state index < -0.39 is 0 Å². The highest BCUT2D eigenvalue weighted by molar-refractivity contribution is 9.09. The van der Waals surface area contributed by atoms with Gasteiger partial charge in [0, 0.05) is 18.5 Å². The molecule has 1 atom stereocenters. The Hall–Kier alpha value is 0.400. The van der Waals surface area contributed by atoms with Gasteiger partial charge in [0.2, 0.25) is 0 Å². The minimum atomic E-state index is 0.533. The SMILES string of the molecule is COCC(C)N(C)CCCCBr. The first-order valence-corrected chi connectivity index (χ1v) is 5.59. The Balaban J connectivity index is 3.35. The maximum absolute atomic E-state index is 5.08. The van der Waals surface area contributed by atoms with E-state index in [2.05, 4.69) is 34.8 Å². The van der Waals surface area contributed by atoms with Crippen molar-refractivity contribution in [2.75, 3.05) is 32.6 Å². The molecule has 1 unspecified atom stereocenters. The Kier molecular flexibility index (Phi) is 8.29. The molecule has 0 aromatic rings. The van der Waals surface area contributed by atoms with Crippen molar-refractivity contribution in [3.8, 4) is 0 Å². The van der Waals surface area contributed by atoms with Crippen molar-refractivity contribution in [3.63, 3.8) is 0 Å². The van der Waals surface area contributed by atoms with Crippen LogP contribution in [-0.4, -0.2) is 43.6 Å². The Bertz CT molecular complexity index is 101. The van der Waals surface area contributed by atoms with Crippen LogP contribution in [0.25, 0.3) is 0 Å². The molecule has 2 nitrogen and oxygen atoms in total. The fourth-order valence-electron chi connectivity index (χ4n) is 1.04. The number of nitrogens with zero attached hydrogens (tertiary/aromatic N) is 1. The Morgan fingerprint density at radius 2 is 2.08 bits per heavy atom. The minimum absolute atomic E-state index is 0.533. The standard InChI is InChI=1S/C9H20BrNO/c1-9(8-12-3)11(2)7-5-4-6-10/h9H,4-8H2,1-3H3. The van der Waals surface area contributed by atoms with E-state index in [1.165, 1.54) is 12.8 Å². The van der Waals surface area contributed by atoms with E-state index in [9.17, 15) is 0 Å². The van der Waals surface area contributed by atoms with Crippen molar-refractivity contribution in [1.29, 1.82) is 0 Å². The molecule has 0 spiro atoms. The third-order valence-corrected chi connectivity index (χ3v) is 2.62. The molecule has 0 N–H and O–H groups in total. The molecule has 0 fully saturated rings. The highest BCUT2D eigenvalue weighted by atomic mass is 79.9. The molecular formula is C9H20BrNO. The quantitative estimate of drug-likeness (QED) is 0.497. The zero-order valence-electron chi connectivity index (χ0n) is 8.35. The minimum Gasteiger partial charge on any atom is -0.383 e. The molecule has 12 heavy (non-hydrogen) atoms. The highest BCUT2D eigenvalue weighted by Gasteiger charge is 2.06. The van der Waals surface area contributed by atoms with Crippen LogP contribution in [0.4, 0.5) is 0 Å². The van der Waals surface area contributed by atoms with Gasteiger partial charge in [0.1, 0.15) is 0 Å². The lowest BCUT2D eigenvalue weighted by molar-refractivity contribution is 0.115. The monoisotopic (exact) mass is 237 g/mol. The van der Waals surface area contributed by atoms with Gasteiger partial charge in [-0.3, -0.25) is 0 Å². The first-order chi connectivity index (χ1) is 5.72. The maximum Gasteiger partial charge on any atom is 0.0615 e. The van der Waals surface area contributed by atoms with E-state index in [0.717, 1.165) is 18.5 Å². The summed E-state index contributed by atoms with van der Waals surface area (Å²) < 4.78 is 5.08. The van der Waals surface area contributed by atoms with Crippen LogP contribution in [0.1, 0.15) is 19.8 Å². The Labute approximate surface area is 84.4 Å². The molecule has 0 radical (unpaired) electrons. The fraction of sp³-hybridized carbons (Fsp3) is 1.00. The fourth-order valence-corrected chi connectivity index (χ4v) is 1.44. The number of hydrogen-bond acceptors (Lipinski definition) is 2. The average Bonchev–Trinajstić information content (AvgIpc) is 2.05. The van der Waals surface area contributed by atoms with Crippen LogP contribution in [0.5, 0.6) is 0 Å². The highest BCUT2D eigenvalue weighted by Crippen LogP contribution is 2.00. The van der Waals surface area contributed by atoms with Crippen LogP contribution in [0, 0.1) is 0 Å². The molecule has 0 aromatic carbocycles. The number of ether oxygens (including phenoxy) is 1. The number of alkyl halides is 1. The summed E-state index contributed by atoms with van der Waals surface area (Å²) in [5, 5.41) is 1.11. The van der Waals surface area contributed by atoms with Crippen LogP contribution < -0.4 is 0 Å². The maximum atomic E-state index is 5.08. The molecule has 0 amide bonds. The van der Waals surface area contributed by atoms with Crippen LogP contribution in [0.2, 0.25) is 0 Å². The van der Waals surface area contributed by atoms with Gasteiger partial charge in [0.05, 0.1) is 6.61 Å². The van der Waals surface area contributed by atoms with E-state index in [1.54, 1.807) is 7.11 Å². The van der Waals surface area contributed by atoms with Crippen molar-refractivity contribution in [2.24, 2.45) is 0 Å². The van der Waals surface area contributed by atoms with Gasteiger partial charge >= 0.3 is 0 Å². The van der Waals surface area contributed by atoms with Crippen molar-refractivity contribution in [3.05, 3.63) is 0 Å². The zero-order chi connectivity index (χ0) is 9.40.